The molecule has 146 valence electrons. The van der Waals surface area contributed by atoms with Gasteiger partial charge in [-0.05, 0) is 12.8 Å². The first kappa shape index (κ1) is 24.1. The van der Waals surface area contributed by atoms with Gasteiger partial charge < -0.3 is 4.89 Å². The first-order valence-corrected chi connectivity index (χ1v) is 11.7. The Hall–Kier alpha value is 0.110. The second-order valence-corrected chi connectivity index (χ2v) is 8.18. The molecule has 0 spiro atoms. The van der Waals surface area contributed by atoms with E-state index in [4.69, 9.17) is 9.05 Å². The molecule has 0 aromatic heterocycles. The lowest BCUT2D eigenvalue weighted by Crippen LogP contribution is -1.99. The summed E-state index contributed by atoms with van der Waals surface area (Å²) >= 11 is 0. The molecule has 1 unspecified atom stereocenters. The van der Waals surface area contributed by atoms with Crippen LogP contribution in [0.15, 0.2) is 0 Å². The Morgan fingerprint density at radius 3 is 1.25 bits per heavy atom. The zero-order valence-electron chi connectivity index (χ0n) is 16.1. The third-order valence-electron chi connectivity index (χ3n) is 4.25. The Labute approximate surface area is 150 Å². The van der Waals surface area contributed by atoms with Crippen molar-refractivity contribution in [3.05, 3.63) is 0 Å². The van der Waals surface area contributed by atoms with E-state index in [1.54, 1.807) is 0 Å². The van der Waals surface area contributed by atoms with Crippen molar-refractivity contribution in [2.45, 2.75) is 110 Å². The van der Waals surface area contributed by atoms with Gasteiger partial charge in [-0.2, -0.15) is 0 Å². The van der Waals surface area contributed by atoms with Gasteiger partial charge in [0.2, 0.25) is 0 Å². The molecule has 1 N–H and O–H groups in total. The maximum Gasteiger partial charge on any atom is 0.472 e. The topological polar surface area (TPSA) is 55.8 Å². The van der Waals surface area contributed by atoms with E-state index in [1.807, 2.05) is 0 Å². The third kappa shape index (κ3) is 18.4. The largest absolute Gasteiger partial charge is 0.472 e. The van der Waals surface area contributed by atoms with E-state index in [1.165, 1.54) is 57.8 Å². The highest BCUT2D eigenvalue weighted by Gasteiger charge is 2.19. The molecule has 4 nitrogen and oxygen atoms in total. The Bertz CT molecular complexity index is 297. The first-order valence-electron chi connectivity index (χ1n) is 10.2. The van der Waals surface area contributed by atoms with Crippen LogP contribution in [0.3, 0.4) is 0 Å². The third-order valence-corrected chi connectivity index (χ3v) is 5.27. The summed E-state index contributed by atoms with van der Waals surface area (Å²) in [6, 6.07) is 0. The van der Waals surface area contributed by atoms with E-state index in [2.05, 4.69) is 13.8 Å². The Morgan fingerprint density at radius 2 is 0.875 bits per heavy atom. The van der Waals surface area contributed by atoms with Crippen LogP contribution in [0, 0.1) is 0 Å². The molecule has 0 fully saturated rings. The van der Waals surface area contributed by atoms with Crippen LogP contribution >= 0.6 is 7.82 Å². The maximum atomic E-state index is 11.6. The SMILES string of the molecule is CCCCCCCCCCCCCOP(=O)(O)OCCCCCC. The van der Waals surface area contributed by atoms with Crippen molar-refractivity contribution < 1.29 is 18.5 Å². The molecule has 0 rings (SSSR count). The fourth-order valence-electron chi connectivity index (χ4n) is 2.69. The molecule has 1 atom stereocenters. The van der Waals surface area contributed by atoms with E-state index in [9.17, 15) is 9.46 Å². The van der Waals surface area contributed by atoms with E-state index in [-0.39, 0.29) is 0 Å². The molecule has 0 aliphatic carbocycles. The molecular weight excluding hydrogens is 323 g/mol. The fourth-order valence-corrected chi connectivity index (χ4v) is 3.49. The summed E-state index contributed by atoms with van der Waals surface area (Å²) < 4.78 is 21.6. The summed E-state index contributed by atoms with van der Waals surface area (Å²) in [5.74, 6) is 0. The van der Waals surface area contributed by atoms with E-state index < -0.39 is 7.82 Å². The van der Waals surface area contributed by atoms with Crippen LogP contribution in [-0.4, -0.2) is 18.1 Å². The molecule has 0 aromatic carbocycles. The minimum atomic E-state index is -3.82. The molecular formula is C19H41O4P. The molecule has 0 aliphatic heterocycles. The predicted molar refractivity (Wildman–Crippen MR) is 102 cm³/mol. The van der Waals surface area contributed by atoms with Crippen LogP contribution in [0.1, 0.15) is 110 Å². The van der Waals surface area contributed by atoms with Gasteiger partial charge in [-0.1, -0.05) is 97.3 Å². The highest BCUT2D eigenvalue weighted by atomic mass is 31.2. The summed E-state index contributed by atoms with van der Waals surface area (Å²) in [5.41, 5.74) is 0. The lowest BCUT2D eigenvalue weighted by atomic mass is 10.1. The van der Waals surface area contributed by atoms with Gasteiger partial charge in [0.15, 0.2) is 0 Å². The summed E-state index contributed by atoms with van der Waals surface area (Å²) in [6.45, 7) is 5.01. The van der Waals surface area contributed by atoms with Crippen LogP contribution in [0.2, 0.25) is 0 Å². The summed E-state index contributed by atoms with van der Waals surface area (Å²) in [6.07, 6.45) is 18.0. The predicted octanol–water partition coefficient (Wildman–Crippen LogP) is 7.01. The molecule has 0 saturated carbocycles. The standard InChI is InChI=1S/C19H41O4P/c1-3-5-7-9-10-11-12-13-14-15-17-19-23-24(20,21)22-18-16-8-6-4-2/h3-19H2,1-2H3,(H,20,21). The van der Waals surface area contributed by atoms with Crippen molar-refractivity contribution in [1.29, 1.82) is 0 Å². The van der Waals surface area contributed by atoms with Gasteiger partial charge in [-0.25, -0.2) is 4.57 Å². The lowest BCUT2D eigenvalue weighted by molar-refractivity contribution is 0.145. The van der Waals surface area contributed by atoms with Crippen LogP contribution < -0.4 is 0 Å². The van der Waals surface area contributed by atoms with Crippen molar-refractivity contribution in [3.63, 3.8) is 0 Å². The fraction of sp³-hybridized carbons (Fsp3) is 1.00. The summed E-state index contributed by atoms with van der Waals surface area (Å²) in [5, 5.41) is 0. The molecule has 0 saturated heterocycles. The summed E-state index contributed by atoms with van der Waals surface area (Å²) in [4.78, 5) is 9.54. The second-order valence-electron chi connectivity index (χ2n) is 6.73. The smallest absolute Gasteiger partial charge is 0.302 e. The Morgan fingerprint density at radius 1 is 0.583 bits per heavy atom. The van der Waals surface area contributed by atoms with Crippen LogP contribution in [0.4, 0.5) is 0 Å². The van der Waals surface area contributed by atoms with Crippen molar-refractivity contribution in [3.8, 4) is 0 Å². The molecule has 24 heavy (non-hydrogen) atoms. The zero-order chi connectivity index (χ0) is 17.9. The summed E-state index contributed by atoms with van der Waals surface area (Å²) in [7, 11) is -3.82. The first-order chi connectivity index (χ1) is 11.6. The van der Waals surface area contributed by atoms with E-state index in [0.29, 0.717) is 13.2 Å². The minimum absolute atomic E-state index is 0.312. The molecule has 0 amide bonds. The molecule has 5 heteroatoms. The molecule has 0 aliphatic rings. The van der Waals surface area contributed by atoms with Gasteiger partial charge >= 0.3 is 7.82 Å². The monoisotopic (exact) mass is 364 g/mol. The van der Waals surface area contributed by atoms with E-state index >= 15 is 0 Å². The number of rotatable bonds is 19. The van der Waals surface area contributed by atoms with Gasteiger partial charge in [0.05, 0.1) is 13.2 Å². The van der Waals surface area contributed by atoms with Crippen molar-refractivity contribution in [2.24, 2.45) is 0 Å². The Balaban J connectivity index is 3.28. The molecule has 0 aromatic rings. The highest BCUT2D eigenvalue weighted by Crippen LogP contribution is 2.43. The average Bonchev–Trinajstić information content (AvgIpc) is 2.55. The van der Waals surface area contributed by atoms with Crippen LogP contribution in [0.25, 0.3) is 0 Å². The van der Waals surface area contributed by atoms with Gasteiger partial charge in [0.1, 0.15) is 0 Å². The van der Waals surface area contributed by atoms with Gasteiger partial charge in [0.25, 0.3) is 0 Å². The van der Waals surface area contributed by atoms with Gasteiger partial charge in [0, 0.05) is 0 Å². The normalized spacial score (nSPS) is 14.0. The average molecular weight is 365 g/mol. The molecule has 0 bridgehead atoms. The zero-order valence-corrected chi connectivity index (χ0v) is 17.0. The minimum Gasteiger partial charge on any atom is -0.302 e. The van der Waals surface area contributed by atoms with Crippen molar-refractivity contribution >= 4 is 7.82 Å². The second kappa shape index (κ2) is 17.9. The van der Waals surface area contributed by atoms with Crippen molar-refractivity contribution in [2.75, 3.05) is 13.2 Å². The number of hydrogen-bond donors (Lipinski definition) is 1. The Kier molecular flexibility index (Phi) is 18.0. The number of hydrogen-bond acceptors (Lipinski definition) is 3. The van der Waals surface area contributed by atoms with Crippen molar-refractivity contribution in [1.82, 2.24) is 0 Å². The van der Waals surface area contributed by atoms with Crippen LogP contribution in [0.5, 0.6) is 0 Å². The quantitative estimate of drug-likeness (QED) is 0.198. The lowest BCUT2D eigenvalue weighted by Gasteiger charge is -2.12. The van der Waals surface area contributed by atoms with E-state index in [0.717, 1.165) is 38.5 Å². The number of phosphoric acid groups is 1. The van der Waals surface area contributed by atoms with Gasteiger partial charge in [-0.3, -0.25) is 9.05 Å². The highest BCUT2D eigenvalue weighted by molar-refractivity contribution is 7.47. The van der Waals surface area contributed by atoms with Crippen LogP contribution in [-0.2, 0) is 13.6 Å². The van der Waals surface area contributed by atoms with Gasteiger partial charge in [-0.15, -0.1) is 0 Å². The maximum absolute atomic E-state index is 11.6. The molecule has 0 heterocycles. The molecule has 0 radical (unpaired) electrons. The number of unbranched alkanes of at least 4 members (excludes halogenated alkanes) is 13. The number of phosphoric ester groups is 1.